The van der Waals surface area contributed by atoms with E-state index in [1.54, 1.807) is 4.90 Å². The topological polar surface area (TPSA) is 49.4 Å². The molecule has 1 atom stereocenters. The summed E-state index contributed by atoms with van der Waals surface area (Å²) in [7, 11) is 0. The van der Waals surface area contributed by atoms with Gasteiger partial charge >= 0.3 is 0 Å². The minimum Gasteiger partial charge on any atom is -0.353 e. The van der Waals surface area contributed by atoms with Crippen LogP contribution >= 0.6 is 0 Å². The summed E-state index contributed by atoms with van der Waals surface area (Å²) < 4.78 is 13.0. The maximum absolute atomic E-state index is 13.0. The van der Waals surface area contributed by atoms with Gasteiger partial charge in [0.15, 0.2) is 0 Å². The fourth-order valence-electron chi connectivity index (χ4n) is 3.54. The summed E-state index contributed by atoms with van der Waals surface area (Å²) in [5.74, 6) is -0.528. The first-order valence-electron chi connectivity index (χ1n) is 8.49. The molecule has 2 aliphatic rings. The van der Waals surface area contributed by atoms with E-state index >= 15 is 0 Å². The zero-order valence-electron chi connectivity index (χ0n) is 13.3. The molecule has 0 aromatic heterocycles. The molecule has 1 saturated carbocycles. The number of carbonyl (C=O) groups excluding carboxylic acids is 2. The zero-order chi connectivity index (χ0) is 16.2. The van der Waals surface area contributed by atoms with E-state index in [-0.39, 0.29) is 23.5 Å². The van der Waals surface area contributed by atoms with E-state index in [1.807, 2.05) is 0 Å². The van der Waals surface area contributed by atoms with Gasteiger partial charge in [0.25, 0.3) is 5.91 Å². The molecule has 124 valence electrons. The fourth-order valence-corrected chi connectivity index (χ4v) is 3.54. The molecule has 1 N–H and O–H groups in total. The van der Waals surface area contributed by atoms with Gasteiger partial charge in [0, 0.05) is 24.7 Å². The quantitative estimate of drug-likeness (QED) is 0.931. The van der Waals surface area contributed by atoms with E-state index in [0.717, 1.165) is 25.7 Å². The van der Waals surface area contributed by atoms with Crippen molar-refractivity contribution in [3.63, 3.8) is 0 Å². The lowest BCUT2D eigenvalue weighted by Crippen LogP contribution is -2.47. The van der Waals surface area contributed by atoms with Crippen molar-refractivity contribution in [1.29, 1.82) is 0 Å². The average molecular weight is 318 g/mol. The Morgan fingerprint density at radius 2 is 1.74 bits per heavy atom. The molecule has 1 heterocycles. The van der Waals surface area contributed by atoms with Crippen molar-refractivity contribution in [2.24, 2.45) is 5.92 Å². The van der Waals surface area contributed by atoms with Crippen LogP contribution in [-0.2, 0) is 4.79 Å². The highest BCUT2D eigenvalue weighted by atomic mass is 19.1. The molecule has 4 nitrogen and oxygen atoms in total. The third kappa shape index (κ3) is 3.89. The van der Waals surface area contributed by atoms with Crippen molar-refractivity contribution in [3.05, 3.63) is 35.6 Å². The smallest absolute Gasteiger partial charge is 0.253 e. The first kappa shape index (κ1) is 16.0. The molecule has 1 aliphatic heterocycles. The van der Waals surface area contributed by atoms with E-state index in [4.69, 9.17) is 0 Å². The van der Waals surface area contributed by atoms with Crippen molar-refractivity contribution in [1.82, 2.24) is 10.2 Å². The van der Waals surface area contributed by atoms with Crippen molar-refractivity contribution in [2.45, 2.75) is 44.6 Å². The van der Waals surface area contributed by atoms with Crippen LogP contribution in [0.3, 0.4) is 0 Å². The van der Waals surface area contributed by atoms with Crippen molar-refractivity contribution in [3.8, 4) is 0 Å². The Morgan fingerprint density at radius 3 is 2.43 bits per heavy atom. The second-order valence-electron chi connectivity index (χ2n) is 6.59. The molecule has 1 aromatic rings. The second kappa shape index (κ2) is 7.11. The number of rotatable bonds is 3. The lowest BCUT2D eigenvalue weighted by Gasteiger charge is -2.32. The molecule has 1 aliphatic carbocycles. The number of benzene rings is 1. The van der Waals surface area contributed by atoms with Crippen LogP contribution in [0, 0.1) is 11.7 Å². The van der Waals surface area contributed by atoms with E-state index < -0.39 is 0 Å². The van der Waals surface area contributed by atoms with Crippen LogP contribution in [0.15, 0.2) is 24.3 Å². The van der Waals surface area contributed by atoms with Crippen molar-refractivity contribution < 1.29 is 14.0 Å². The largest absolute Gasteiger partial charge is 0.353 e. The number of piperidine rings is 1. The summed E-state index contributed by atoms with van der Waals surface area (Å²) >= 11 is 0. The molecule has 0 bridgehead atoms. The molecule has 2 amide bonds. The number of carbonyl (C=O) groups is 2. The summed E-state index contributed by atoms with van der Waals surface area (Å²) in [5.41, 5.74) is 0.475. The van der Waals surface area contributed by atoms with Gasteiger partial charge in [-0.25, -0.2) is 4.39 Å². The molecule has 3 rings (SSSR count). The van der Waals surface area contributed by atoms with Crippen molar-refractivity contribution >= 4 is 11.8 Å². The van der Waals surface area contributed by atoms with E-state index in [9.17, 15) is 14.0 Å². The van der Waals surface area contributed by atoms with Crippen LogP contribution in [-0.4, -0.2) is 35.8 Å². The Kier molecular flexibility index (Phi) is 4.94. The highest BCUT2D eigenvalue weighted by Gasteiger charge is 2.30. The van der Waals surface area contributed by atoms with Crippen LogP contribution in [0.5, 0.6) is 0 Å². The van der Waals surface area contributed by atoms with Gasteiger partial charge in [0.05, 0.1) is 5.92 Å². The number of halogens is 1. The number of nitrogens with zero attached hydrogens (tertiary/aromatic N) is 1. The Balaban J connectivity index is 1.59. The third-order valence-corrected chi connectivity index (χ3v) is 4.87. The van der Waals surface area contributed by atoms with Crippen LogP contribution in [0.25, 0.3) is 0 Å². The molecule has 0 spiro atoms. The van der Waals surface area contributed by atoms with Gasteiger partial charge in [-0.2, -0.15) is 0 Å². The summed E-state index contributed by atoms with van der Waals surface area (Å²) in [4.78, 5) is 26.6. The lowest BCUT2D eigenvalue weighted by atomic mass is 9.96. The molecule has 2 fully saturated rings. The van der Waals surface area contributed by atoms with E-state index in [1.165, 1.54) is 37.1 Å². The van der Waals surface area contributed by atoms with Crippen LogP contribution in [0.4, 0.5) is 4.39 Å². The average Bonchev–Trinajstić information content (AvgIpc) is 3.08. The third-order valence-electron chi connectivity index (χ3n) is 4.87. The maximum Gasteiger partial charge on any atom is 0.253 e. The highest BCUT2D eigenvalue weighted by molar-refractivity contribution is 5.94. The molecule has 1 aromatic carbocycles. The molecule has 5 heteroatoms. The van der Waals surface area contributed by atoms with E-state index in [2.05, 4.69) is 5.32 Å². The summed E-state index contributed by atoms with van der Waals surface area (Å²) in [6.45, 7) is 1.11. The van der Waals surface area contributed by atoms with Gasteiger partial charge in [-0.3, -0.25) is 9.59 Å². The van der Waals surface area contributed by atoms with Gasteiger partial charge in [-0.15, -0.1) is 0 Å². The van der Waals surface area contributed by atoms with Crippen LogP contribution in [0.1, 0.15) is 48.9 Å². The maximum atomic E-state index is 13.0. The normalized spacial score (nSPS) is 22.1. The SMILES string of the molecule is O=C(NC1CCCC1)C1CCCN(C(=O)c2ccc(F)cc2)C1. The molecular formula is C18H23FN2O2. The number of nitrogens with one attached hydrogen (secondary N) is 1. The first-order chi connectivity index (χ1) is 11.1. The summed E-state index contributed by atoms with van der Waals surface area (Å²) in [6.07, 6.45) is 6.16. The van der Waals surface area contributed by atoms with Gasteiger partial charge < -0.3 is 10.2 Å². The summed E-state index contributed by atoms with van der Waals surface area (Å²) in [6, 6.07) is 5.90. The Labute approximate surface area is 136 Å². The Hall–Kier alpha value is -1.91. The Morgan fingerprint density at radius 1 is 1.04 bits per heavy atom. The lowest BCUT2D eigenvalue weighted by molar-refractivity contribution is -0.127. The minimum absolute atomic E-state index is 0.0773. The second-order valence-corrected chi connectivity index (χ2v) is 6.59. The van der Waals surface area contributed by atoms with Gasteiger partial charge in [0.1, 0.15) is 5.82 Å². The summed E-state index contributed by atoms with van der Waals surface area (Å²) in [5, 5.41) is 3.13. The molecule has 0 radical (unpaired) electrons. The predicted molar refractivity (Wildman–Crippen MR) is 85.4 cm³/mol. The first-order valence-corrected chi connectivity index (χ1v) is 8.49. The Bertz CT molecular complexity index is 567. The number of hydrogen-bond donors (Lipinski definition) is 1. The fraction of sp³-hybridized carbons (Fsp3) is 0.556. The standard InChI is InChI=1S/C18H23FN2O2/c19-15-9-7-13(8-10-15)18(23)21-11-3-4-14(12-21)17(22)20-16-5-1-2-6-16/h7-10,14,16H,1-6,11-12H2,(H,20,22). The zero-order valence-corrected chi connectivity index (χ0v) is 13.3. The van der Waals surface area contributed by atoms with Crippen molar-refractivity contribution in [2.75, 3.05) is 13.1 Å². The van der Waals surface area contributed by atoms with Gasteiger partial charge in [-0.05, 0) is 49.9 Å². The monoisotopic (exact) mass is 318 g/mol. The molecular weight excluding hydrogens is 295 g/mol. The van der Waals surface area contributed by atoms with Gasteiger partial charge in [-0.1, -0.05) is 12.8 Å². The molecule has 23 heavy (non-hydrogen) atoms. The van der Waals surface area contributed by atoms with Crippen LogP contribution in [0.2, 0.25) is 0 Å². The van der Waals surface area contributed by atoms with Crippen LogP contribution < -0.4 is 5.32 Å². The molecule has 1 unspecified atom stereocenters. The van der Waals surface area contributed by atoms with Gasteiger partial charge in [0.2, 0.25) is 5.91 Å². The highest BCUT2D eigenvalue weighted by Crippen LogP contribution is 2.22. The predicted octanol–water partition coefficient (Wildman–Crippen LogP) is 2.74. The number of hydrogen-bond acceptors (Lipinski definition) is 2. The molecule has 1 saturated heterocycles. The minimum atomic E-state index is -0.353. The van der Waals surface area contributed by atoms with E-state index in [0.29, 0.717) is 24.7 Å². The number of amides is 2. The number of likely N-dealkylation sites (tertiary alicyclic amines) is 1.